The van der Waals surface area contributed by atoms with Crippen LogP contribution in [0.25, 0.3) is 0 Å². The minimum absolute atomic E-state index is 0.273. The zero-order valence-corrected chi connectivity index (χ0v) is 12.4. The van der Waals surface area contributed by atoms with E-state index in [0.717, 1.165) is 24.0 Å². The summed E-state index contributed by atoms with van der Waals surface area (Å²) in [6.45, 7) is 5.39. The Hall–Kier alpha value is -1.42. The number of hydrogen-bond donors (Lipinski definition) is 0. The largest absolute Gasteiger partial charge is 0.490 e. The highest BCUT2D eigenvalue weighted by Crippen LogP contribution is 2.27. The first-order valence-corrected chi connectivity index (χ1v) is 7.09. The lowest BCUT2D eigenvalue weighted by Crippen LogP contribution is -2.21. The van der Waals surface area contributed by atoms with E-state index in [0.29, 0.717) is 24.9 Å². The van der Waals surface area contributed by atoms with E-state index in [4.69, 9.17) is 9.47 Å². The quantitative estimate of drug-likeness (QED) is 0.748. The Balaban J connectivity index is 2.09. The van der Waals surface area contributed by atoms with Crippen LogP contribution in [0.4, 0.5) is 4.39 Å². The predicted octanol–water partition coefficient (Wildman–Crippen LogP) is 3.24. The molecule has 110 valence electrons. The van der Waals surface area contributed by atoms with E-state index in [1.165, 1.54) is 6.07 Å². The molecular formula is C16H22FNO2. The van der Waals surface area contributed by atoms with Gasteiger partial charge in [-0.3, -0.25) is 4.99 Å². The zero-order valence-electron chi connectivity index (χ0n) is 12.4. The number of nitrogens with zero attached hydrogens (tertiary/aromatic N) is 1. The maximum atomic E-state index is 13.9. The number of hydrogen-bond acceptors (Lipinski definition) is 3. The van der Waals surface area contributed by atoms with Crippen LogP contribution in [-0.4, -0.2) is 32.6 Å². The molecule has 1 heterocycles. The second-order valence-corrected chi connectivity index (χ2v) is 5.47. The molecule has 1 aromatic rings. The van der Waals surface area contributed by atoms with Gasteiger partial charge >= 0.3 is 0 Å². The van der Waals surface area contributed by atoms with Crippen molar-refractivity contribution in [2.75, 3.05) is 20.3 Å². The first-order valence-electron chi connectivity index (χ1n) is 7.09. The van der Waals surface area contributed by atoms with Gasteiger partial charge in [0, 0.05) is 26.4 Å². The van der Waals surface area contributed by atoms with Crippen LogP contribution in [0.2, 0.25) is 0 Å². The standard InChI is InChI=1S/C16H22FNO2/c1-11(2)15-8-12-9-16(20-6-4-5-19-3)14(17)7-13(12)10-18-15/h7,9-11,15H,4-6,8H2,1-3H3/t15-/m1/s1. The summed E-state index contributed by atoms with van der Waals surface area (Å²) in [7, 11) is 1.64. The van der Waals surface area contributed by atoms with E-state index in [2.05, 4.69) is 18.8 Å². The van der Waals surface area contributed by atoms with Gasteiger partial charge < -0.3 is 9.47 Å². The van der Waals surface area contributed by atoms with Crippen molar-refractivity contribution >= 4 is 6.21 Å². The second kappa shape index (κ2) is 6.84. The zero-order chi connectivity index (χ0) is 14.5. The molecule has 1 aromatic carbocycles. The summed E-state index contributed by atoms with van der Waals surface area (Å²) >= 11 is 0. The van der Waals surface area contributed by atoms with Crippen molar-refractivity contribution in [2.24, 2.45) is 10.9 Å². The van der Waals surface area contributed by atoms with E-state index in [1.807, 2.05) is 6.07 Å². The molecule has 0 aliphatic carbocycles. The Kier molecular flexibility index (Phi) is 5.12. The number of halogens is 1. The van der Waals surface area contributed by atoms with Crippen LogP contribution in [-0.2, 0) is 11.2 Å². The minimum Gasteiger partial charge on any atom is -0.490 e. The van der Waals surface area contributed by atoms with Gasteiger partial charge in [0.05, 0.1) is 12.6 Å². The number of ether oxygens (including phenoxy) is 2. The molecule has 4 heteroatoms. The fourth-order valence-corrected chi connectivity index (χ4v) is 2.27. The maximum Gasteiger partial charge on any atom is 0.165 e. The van der Waals surface area contributed by atoms with E-state index in [-0.39, 0.29) is 11.9 Å². The van der Waals surface area contributed by atoms with E-state index < -0.39 is 0 Å². The van der Waals surface area contributed by atoms with Gasteiger partial charge in [0.15, 0.2) is 11.6 Å². The van der Waals surface area contributed by atoms with Gasteiger partial charge in [0.1, 0.15) is 0 Å². The van der Waals surface area contributed by atoms with Crippen LogP contribution in [0.1, 0.15) is 31.4 Å². The highest BCUT2D eigenvalue weighted by Gasteiger charge is 2.20. The first kappa shape index (κ1) is 15.0. The molecule has 0 radical (unpaired) electrons. The molecule has 0 aromatic heterocycles. The molecule has 1 atom stereocenters. The fourth-order valence-electron chi connectivity index (χ4n) is 2.27. The molecule has 0 bridgehead atoms. The van der Waals surface area contributed by atoms with Gasteiger partial charge in [0.2, 0.25) is 0 Å². The Labute approximate surface area is 119 Å². The monoisotopic (exact) mass is 279 g/mol. The van der Waals surface area contributed by atoms with Crippen molar-refractivity contribution < 1.29 is 13.9 Å². The molecule has 0 saturated heterocycles. The van der Waals surface area contributed by atoms with Crippen LogP contribution < -0.4 is 4.74 Å². The number of methoxy groups -OCH3 is 1. The third-order valence-corrected chi connectivity index (χ3v) is 3.55. The van der Waals surface area contributed by atoms with Crippen molar-refractivity contribution in [3.63, 3.8) is 0 Å². The molecule has 0 spiro atoms. The van der Waals surface area contributed by atoms with Crippen molar-refractivity contribution in [3.8, 4) is 5.75 Å². The summed E-state index contributed by atoms with van der Waals surface area (Å²) in [5, 5.41) is 0. The number of aliphatic imine (C=N–C) groups is 1. The van der Waals surface area contributed by atoms with Gasteiger partial charge in [0.25, 0.3) is 0 Å². The van der Waals surface area contributed by atoms with Crippen molar-refractivity contribution in [2.45, 2.75) is 32.7 Å². The summed E-state index contributed by atoms with van der Waals surface area (Å²) in [6, 6.07) is 3.60. The lowest BCUT2D eigenvalue weighted by atomic mass is 9.91. The number of benzene rings is 1. The SMILES string of the molecule is COCCCOc1cc2c(cc1F)C=N[C@@H](C(C)C)C2. The molecule has 2 rings (SSSR count). The average Bonchev–Trinajstić information content (AvgIpc) is 2.43. The fraction of sp³-hybridized carbons (Fsp3) is 0.562. The lowest BCUT2D eigenvalue weighted by molar-refractivity contribution is 0.170. The van der Waals surface area contributed by atoms with Crippen molar-refractivity contribution in [3.05, 3.63) is 29.1 Å². The lowest BCUT2D eigenvalue weighted by Gasteiger charge is -2.22. The summed E-state index contributed by atoms with van der Waals surface area (Å²) in [5.41, 5.74) is 1.98. The van der Waals surface area contributed by atoms with E-state index in [9.17, 15) is 4.39 Å². The van der Waals surface area contributed by atoms with E-state index >= 15 is 0 Å². The molecule has 3 nitrogen and oxygen atoms in total. The maximum absolute atomic E-state index is 13.9. The summed E-state index contributed by atoms with van der Waals surface area (Å²) < 4.78 is 24.4. The molecular weight excluding hydrogens is 257 g/mol. The molecule has 1 aliphatic rings. The van der Waals surface area contributed by atoms with Crippen molar-refractivity contribution in [1.82, 2.24) is 0 Å². The highest BCUT2D eigenvalue weighted by molar-refractivity contribution is 5.83. The summed E-state index contributed by atoms with van der Waals surface area (Å²) in [4.78, 5) is 4.48. The van der Waals surface area contributed by atoms with Gasteiger partial charge in [-0.15, -0.1) is 0 Å². The van der Waals surface area contributed by atoms with Gasteiger partial charge in [-0.2, -0.15) is 0 Å². The van der Waals surface area contributed by atoms with Crippen LogP contribution in [0.15, 0.2) is 17.1 Å². The third-order valence-electron chi connectivity index (χ3n) is 3.55. The third kappa shape index (κ3) is 3.57. The highest BCUT2D eigenvalue weighted by atomic mass is 19.1. The molecule has 0 amide bonds. The minimum atomic E-state index is -0.324. The normalized spacial score (nSPS) is 17.4. The molecule has 0 N–H and O–H groups in total. The van der Waals surface area contributed by atoms with Crippen LogP contribution in [0, 0.1) is 11.7 Å². The Morgan fingerprint density at radius 1 is 1.35 bits per heavy atom. The summed E-state index contributed by atoms with van der Waals surface area (Å²) in [6.07, 6.45) is 3.38. The number of rotatable bonds is 6. The molecule has 1 aliphatic heterocycles. The van der Waals surface area contributed by atoms with Crippen molar-refractivity contribution in [1.29, 1.82) is 0 Å². The topological polar surface area (TPSA) is 30.8 Å². The second-order valence-electron chi connectivity index (χ2n) is 5.47. The Bertz CT molecular complexity index is 486. The number of fused-ring (bicyclic) bond motifs is 1. The van der Waals surface area contributed by atoms with Gasteiger partial charge in [-0.05, 0) is 35.6 Å². The predicted molar refractivity (Wildman–Crippen MR) is 78.3 cm³/mol. The first-order chi connectivity index (χ1) is 9.61. The Morgan fingerprint density at radius 3 is 2.85 bits per heavy atom. The summed E-state index contributed by atoms with van der Waals surface area (Å²) in [5.74, 6) is 0.490. The average molecular weight is 279 g/mol. The van der Waals surface area contributed by atoms with Gasteiger partial charge in [-0.25, -0.2) is 4.39 Å². The van der Waals surface area contributed by atoms with Crippen LogP contribution >= 0.6 is 0 Å². The Morgan fingerprint density at radius 2 is 2.15 bits per heavy atom. The van der Waals surface area contributed by atoms with Gasteiger partial charge in [-0.1, -0.05) is 13.8 Å². The molecule has 0 unspecified atom stereocenters. The molecule has 20 heavy (non-hydrogen) atoms. The van der Waals surface area contributed by atoms with E-state index in [1.54, 1.807) is 13.3 Å². The van der Waals surface area contributed by atoms with Crippen LogP contribution in [0.3, 0.4) is 0 Å². The van der Waals surface area contributed by atoms with Crippen LogP contribution in [0.5, 0.6) is 5.75 Å². The smallest absolute Gasteiger partial charge is 0.165 e. The molecule has 0 fully saturated rings. The molecule has 0 saturated carbocycles.